The fraction of sp³-hybridized carbons (Fsp3) is 0.533. The lowest BCUT2D eigenvalue weighted by atomic mass is 9.85. The molecule has 12 heteroatoms. The molecule has 0 bridgehead atoms. The Morgan fingerprint density at radius 1 is 0.738 bits per heavy atom. The predicted molar refractivity (Wildman–Crippen MR) is 147 cm³/mol. The minimum absolute atomic E-state index is 0.127. The van der Waals surface area contributed by atoms with Crippen LogP contribution in [0.2, 0.25) is 0 Å². The summed E-state index contributed by atoms with van der Waals surface area (Å²) < 4.78 is 11.4. The lowest BCUT2D eigenvalue weighted by Crippen LogP contribution is -2.55. The van der Waals surface area contributed by atoms with Crippen LogP contribution in [0.5, 0.6) is 0 Å². The molecule has 2 heterocycles. The molecule has 42 heavy (non-hydrogen) atoms. The number of ketones is 1. The SMILES string of the molecule is C[C@H]1[C@H](O)[C@H](O)[C@@H](c2cccc(C(=O)CCCNC(=O)c3cccc([C@H]4O[C@H](CO)[C@@H](O)[C@H](O)[C@@H]4O)c3)c2)O[C@@H]1CO. The van der Waals surface area contributed by atoms with E-state index in [-0.39, 0.29) is 30.9 Å². The molecule has 2 aromatic rings. The molecule has 2 aliphatic rings. The molecule has 4 rings (SSSR count). The molecule has 0 aliphatic carbocycles. The summed E-state index contributed by atoms with van der Waals surface area (Å²) in [6, 6.07) is 12.8. The van der Waals surface area contributed by atoms with E-state index in [1.165, 1.54) is 6.07 Å². The molecule has 2 aliphatic heterocycles. The van der Waals surface area contributed by atoms with Crippen LogP contribution in [-0.4, -0.2) is 110 Å². The highest BCUT2D eigenvalue weighted by Crippen LogP contribution is 2.36. The molecule has 0 saturated carbocycles. The largest absolute Gasteiger partial charge is 0.394 e. The number of ether oxygens (including phenoxy) is 2. The highest BCUT2D eigenvalue weighted by atomic mass is 16.5. The van der Waals surface area contributed by atoms with Crippen LogP contribution in [0.4, 0.5) is 0 Å². The van der Waals surface area contributed by atoms with Crippen molar-refractivity contribution in [1.29, 1.82) is 0 Å². The van der Waals surface area contributed by atoms with E-state index in [1.807, 2.05) is 0 Å². The normalized spacial score (nSPS) is 33.2. The van der Waals surface area contributed by atoms with Crippen LogP contribution in [0.3, 0.4) is 0 Å². The second kappa shape index (κ2) is 14.1. The summed E-state index contributed by atoms with van der Waals surface area (Å²) >= 11 is 0. The van der Waals surface area contributed by atoms with E-state index in [9.17, 15) is 45.3 Å². The van der Waals surface area contributed by atoms with Crippen LogP contribution in [0.15, 0.2) is 48.5 Å². The number of carbonyl (C=O) groups is 2. The fourth-order valence-electron chi connectivity index (χ4n) is 5.41. The van der Waals surface area contributed by atoms with Gasteiger partial charge in [-0.1, -0.05) is 37.3 Å². The van der Waals surface area contributed by atoms with Gasteiger partial charge in [0.1, 0.15) is 42.7 Å². The zero-order chi connectivity index (χ0) is 30.6. The van der Waals surface area contributed by atoms with Gasteiger partial charge in [0, 0.05) is 30.0 Å². The van der Waals surface area contributed by atoms with Crippen molar-refractivity contribution in [3.8, 4) is 0 Å². The second-order valence-electron chi connectivity index (χ2n) is 10.9. The molecule has 1 amide bonds. The average molecular weight is 590 g/mol. The van der Waals surface area contributed by atoms with E-state index >= 15 is 0 Å². The number of amides is 1. The quantitative estimate of drug-likeness (QED) is 0.130. The molecule has 10 atom stereocenters. The van der Waals surface area contributed by atoms with Crippen molar-refractivity contribution in [2.45, 2.75) is 74.7 Å². The number of rotatable bonds is 10. The monoisotopic (exact) mass is 589 g/mol. The minimum Gasteiger partial charge on any atom is -0.394 e. The van der Waals surface area contributed by atoms with E-state index in [0.717, 1.165) is 0 Å². The Hall–Kier alpha value is -2.78. The van der Waals surface area contributed by atoms with E-state index in [0.29, 0.717) is 23.1 Å². The summed E-state index contributed by atoms with van der Waals surface area (Å²) in [7, 11) is 0. The number of benzene rings is 2. The zero-order valence-electron chi connectivity index (χ0n) is 23.2. The van der Waals surface area contributed by atoms with Crippen molar-refractivity contribution >= 4 is 11.7 Å². The van der Waals surface area contributed by atoms with Crippen molar-refractivity contribution < 1.29 is 54.8 Å². The number of nitrogens with one attached hydrogen (secondary N) is 1. The average Bonchev–Trinajstić information content (AvgIpc) is 3.01. The molecule has 0 spiro atoms. The van der Waals surface area contributed by atoms with Crippen molar-refractivity contribution in [1.82, 2.24) is 5.32 Å². The van der Waals surface area contributed by atoms with Gasteiger partial charge in [0.25, 0.3) is 5.91 Å². The maximum atomic E-state index is 12.9. The van der Waals surface area contributed by atoms with Crippen LogP contribution in [-0.2, 0) is 9.47 Å². The van der Waals surface area contributed by atoms with Gasteiger partial charge < -0.3 is 50.5 Å². The van der Waals surface area contributed by atoms with Gasteiger partial charge in [-0.15, -0.1) is 0 Å². The summed E-state index contributed by atoms with van der Waals surface area (Å²) in [6.07, 6.45) is -10.0. The number of aliphatic hydroxyl groups excluding tert-OH is 7. The first-order chi connectivity index (χ1) is 20.1. The van der Waals surface area contributed by atoms with E-state index in [1.54, 1.807) is 49.4 Å². The van der Waals surface area contributed by atoms with Crippen LogP contribution >= 0.6 is 0 Å². The lowest BCUT2D eigenvalue weighted by molar-refractivity contribution is -0.231. The zero-order valence-corrected chi connectivity index (χ0v) is 23.2. The minimum atomic E-state index is -1.54. The van der Waals surface area contributed by atoms with Gasteiger partial charge >= 0.3 is 0 Å². The molecule has 2 aromatic carbocycles. The smallest absolute Gasteiger partial charge is 0.251 e. The molecule has 12 nitrogen and oxygen atoms in total. The molecule has 0 radical (unpaired) electrons. The first kappa shape index (κ1) is 32.1. The first-order valence-electron chi connectivity index (χ1n) is 14.0. The van der Waals surface area contributed by atoms with E-state index in [4.69, 9.17) is 9.47 Å². The first-order valence-corrected chi connectivity index (χ1v) is 14.0. The highest BCUT2D eigenvalue weighted by Gasteiger charge is 2.44. The lowest BCUT2D eigenvalue weighted by Gasteiger charge is -2.41. The number of carbonyl (C=O) groups excluding carboxylic acids is 2. The second-order valence-corrected chi connectivity index (χ2v) is 10.9. The number of aliphatic hydroxyl groups is 7. The molecule has 0 aromatic heterocycles. The Bertz CT molecular complexity index is 1130. The number of Topliss-reactive ketones (excluding diaryl/α,β-unsaturated/α-hetero) is 1. The Morgan fingerprint density at radius 2 is 1.29 bits per heavy atom. The maximum absolute atomic E-state index is 12.9. The van der Waals surface area contributed by atoms with E-state index < -0.39 is 73.4 Å². The summed E-state index contributed by atoms with van der Waals surface area (Å²) in [5.74, 6) is -1.07. The van der Waals surface area contributed by atoms with E-state index in [2.05, 4.69) is 5.32 Å². The summed E-state index contributed by atoms with van der Waals surface area (Å²) in [5, 5.41) is 73.1. The van der Waals surface area contributed by atoms with Crippen molar-refractivity contribution in [3.05, 3.63) is 70.8 Å². The Labute approximate surface area is 243 Å². The van der Waals surface area contributed by atoms with Crippen LogP contribution in [0.25, 0.3) is 0 Å². The van der Waals surface area contributed by atoms with Gasteiger partial charge in [0.2, 0.25) is 0 Å². The van der Waals surface area contributed by atoms with Gasteiger partial charge in [-0.25, -0.2) is 0 Å². The van der Waals surface area contributed by atoms with Crippen molar-refractivity contribution in [2.75, 3.05) is 19.8 Å². The topological polar surface area (TPSA) is 206 Å². The highest BCUT2D eigenvalue weighted by molar-refractivity contribution is 5.96. The number of hydrogen-bond acceptors (Lipinski definition) is 11. The van der Waals surface area contributed by atoms with Crippen LogP contribution in [0.1, 0.15) is 63.8 Å². The maximum Gasteiger partial charge on any atom is 0.251 e. The van der Waals surface area contributed by atoms with Crippen molar-refractivity contribution in [3.63, 3.8) is 0 Å². The van der Waals surface area contributed by atoms with Crippen molar-refractivity contribution in [2.24, 2.45) is 5.92 Å². The molecule has 2 fully saturated rings. The standard InChI is InChI=1S/C30H39NO11/c1-15-21(13-32)41-28(26(38)23(15)35)17-6-2-5-16(11-17)20(34)9-4-10-31-30(40)19-8-3-7-18(12-19)29-27(39)25(37)24(36)22(14-33)42-29/h2-3,5-8,11-12,15,21-29,32-33,35-39H,4,9-10,13-14H2,1H3,(H,31,40)/t15-,21-,22-,23+,24-,25+,26+,27+,28-,29-/m1/s1. The van der Waals surface area contributed by atoms with Gasteiger partial charge in [-0.2, -0.15) is 0 Å². The van der Waals surface area contributed by atoms with Gasteiger partial charge in [0.05, 0.1) is 25.4 Å². The summed E-state index contributed by atoms with van der Waals surface area (Å²) in [5.41, 5.74) is 1.53. The fourth-order valence-corrected chi connectivity index (χ4v) is 5.41. The van der Waals surface area contributed by atoms with Crippen LogP contribution < -0.4 is 5.32 Å². The molecule has 8 N–H and O–H groups in total. The van der Waals surface area contributed by atoms with Gasteiger partial charge in [0.15, 0.2) is 5.78 Å². The van der Waals surface area contributed by atoms with Gasteiger partial charge in [-0.3, -0.25) is 9.59 Å². The molecular weight excluding hydrogens is 550 g/mol. The third-order valence-electron chi connectivity index (χ3n) is 8.06. The third kappa shape index (κ3) is 6.88. The molecular formula is C30H39NO11. The Balaban J connectivity index is 1.31. The Morgan fingerprint density at radius 3 is 1.90 bits per heavy atom. The molecule has 0 unspecified atom stereocenters. The third-order valence-corrected chi connectivity index (χ3v) is 8.06. The summed E-state index contributed by atoms with van der Waals surface area (Å²) in [6.45, 7) is 0.999. The Kier molecular flexibility index (Phi) is 10.8. The predicted octanol–water partition coefficient (Wildman–Crippen LogP) is -0.615. The molecule has 2 saturated heterocycles. The molecule has 230 valence electrons. The number of hydrogen-bond donors (Lipinski definition) is 8. The van der Waals surface area contributed by atoms with Gasteiger partial charge in [-0.05, 0) is 35.7 Å². The summed E-state index contributed by atoms with van der Waals surface area (Å²) in [4.78, 5) is 25.6. The van der Waals surface area contributed by atoms with Crippen LogP contribution in [0, 0.1) is 5.92 Å².